The number of nitrogens with zero attached hydrogens (tertiary/aromatic N) is 4. The number of imidazole rings is 1. The normalized spacial score (nSPS) is 20.4. The van der Waals surface area contributed by atoms with Crippen LogP contribution in [0.3, 0.4) is 0 Å². The van der Waals surface area contributed by atoms with Gasteiger partial charge in [0, 0.05) is 49.7 Å². The van der Waals surface area contributed by atoms with Crippen molar-refractivity contribution in [1.82, 2.24) is 19.4 Å². The van der Waals surface area contributed by atoms with E-state index in [1.54, 1.807) is 0 Å². The Balaban J connectivity index is 1.30. The molecule has 2 aliphatic rings. The summed E-state index contributed by atoms with van der Waals surface area (Å²) in [7, 11) is 0. The molecule has 0 bridgehead atoms. The molecule has 4 nitrogen and oxygen atoms in total. The number of hydrogen-bond donors (Lipinski definition) is 0. The van der Waals surface area contributed by atoms with E-state index in [9.17, 15) is 0 Å². The second-order valence-corrected chi connectivity index (χ2v) is 8.16. The van der Waals surface area contributed by atoms with E-state index in [-0.39, 0.29) is 0 Å². The molecule has 144 valence electrons. The van der Waals surface area contributed by atoms with E-state index in [1.807, 2.05) is 18.5 Å². The minimum absolute atomic E-state index is 0.437. The minimum Gasteiger partial charge on any atom is -0.334 e. The van der Waals surface area contributed by atoms with Crippen molar-refractivity contribution >= 4 is 0 Å². The predicted octanol–water partition coefficient (Wildman–Crippen LogP) is 3.92. The Labute approximate surface area is 167 Å². The second-order valence-electron chi connectivity index (χ2n) is 8.16. The fraction of sp³-hybridized carbons (Fsp3) is 0.417. The molecule has 0 radical (unpaired) electrons. The lowest BCUT2D eigenvalue weighted by Crippen LogP contribution is -2.37. The van der Waals surface area contributed by atoms with Crippen LogP contribution in [0.15, 0.2) is 61.1 Å². The third-order valence-electron chi connectivity index (χ3n) is 6.55. The topological polar surface area (TPSA) is 34.0 Å². The first-order valence-corrected chi connectivity index (χ1v) is 10.6. The monoisotopic (exact) mass is 372 g/mol. The van der Waals surface area contributed by atoms with Crippen LogP contribution in [-0.2, 0) is 19.4 Å². The van der Waals surface area contributed by atoms with Gasteiger partial charge in [-0.3, -0.25) is 4.98 Å². The standard InChI is InChI=1S/C24H28N4/c1-2-7-22-19(5-1)10-17-28-18-13-26-24(28)23(22)20-8-14-27(15-9-20)16-11-21-6-3-4-12-25-21/h1-7,12-13,18,20,23H,8-11,14-17H2. The number of fused-ring (bicyclic) bond motifs is 2. The molecule has 28 heavy (non-hydrogen) atoms. The molecule has 0 aliphatic carbocycles. The molecule has 1 atom stereocenters. The smallest absolute Gasteiger partial charge is 0.116 e. The lowest BCUT2D eigenvalue weighted by molar-refractivity contribution is 0.174. The van der Waals surface area contributed by atoms with Gasteiger partial charge in [0.1, 0.15) is 5.82 Å². The molecule has 1 unspecified atom stereocenters. The van der Waals surface area contributed by atoms with Crippen LogP contribution < -0.4 is 0 Å². The van der Waals surface area contributed by atoms with Crippen molar-refractivity contribution in [3.05, 3.63) is 83.7 Å². The Morgan fingerprint density at radius 3 is 2.61 bits per heavy atom. The van der Waals surface area contributed by atoms with Crippen molar-refractivity contribution in [2.45, 2.75) is 38.1 Å². The minimum atomic E-state index is 0.437. The van der Waals surface area contributed by atoms with Gasteiger partial charge in [0.05, 0.1) is 0 Å². The largest absolute Gasteiger partial charge is 0.334 e. The van der Waals surface area contributed by atoms with E-state index in [4.69, 9.17) is 4.98 Å². The first kappa shape index (κ1) is 17.6. The summed E-state index contributed by atoms with van der Waals surface area (Å²) in [6.45, 7) is 4.51. The number of aromatic nitrogens is 3. The highest BCUT2D eigenvalue weighted by Gasteiger charge is 2.33. The third kappa shape index (κ3) is 3.49. The maximum atomic E-state index is 4.81. The van der Waals surface area contributed by atoms with E-state index in [0.29, 0.717) is 11.8 Å². The molecular formula is C24H28N4. The van der Waals surface area contributed by atoms with Gasteiger partial charge in [0.25, 0.3) is 0 Å². The van der Waals surface area contributed by atoms with Gasteiger partial charge >= 0.3 is 0 Å². The summed E-state index contributed by atoms with van der Waals surface area (Å²) in [4.78, 5) is 11.9. The fourth-order valence-electron chi connectivity index (χ4n) is 5.03. The van der Waals surface area contributed by atoms with Gasteiger partial charge in [-0.05, 0) is 61.5 Å². The lowest BCUT2D eigenvalue weighted by atomic mass is 9.78. The molecule has 4 heterocycles. The van der Waals surface area contributed by atoms with Crippen molar-refractivity contribution in [2.24, 2.45) is 5.92 Å². The van der Waals surface area contributed by atoms with Crippen LogP contribution in [-0.4, -0.2) is 39.1 Å². The number of pyridine rings is 1. The first-order valence-electron chi connectivity index (χ1n) is 10.6. The van der Waals surface area contributed by atoms with Crippen LogP contribution in [0.5, 0.6) is 0 Å². The molecule has 1 saturated heterocycles. The Bertz CT molecular complexity index is 909. The Kier molecular flexibility index (Phi) is 4.96. The molecule has 3 aromatic rings. The van der Waals surface area contributed by atoms with E-state index in [2.05, 4.69) is 57.0 Å². The Hall–Kier alpha value is -2.46. The van der Waals surface area contributed by atoms with Crippen molar-refractivity contribution < 1.29 is 0 Å². The molecule has 2 aromatic heterocycles. The Morgan fingerprint density at radius 1 is 0.893 bits per heavy atom. The van der Waals surface area contributed by atoms with E-state index < -0.39 is 0 Å². The number of piperidine rings is 1. The highest BCUT2D eigenvalue weighted by Crippen LogP contribution is 2.40. The van der Waals surface area contributed by atoms with Crippen molar-refractivity contribution in [1.29, 1.82) is 0 Å². The molecule has 1 fully saturated rings. The number of benzene rings is 1. The summed E-state index contributed by atoms with van der Waals surface area (Å²) < 4.78 is 2.39. The van der Waals surface area contributed by atoms with Crippen molar-refractivity contribution in [3.8, 4) is 0 Å². The van der Waals surface area contributed by atoms with Gasteiger partial charge in [-0.1, -0.05) is 30.3 Å². The summed E-state index contributed by atoms with van der Waals surface area (Å²) >= 11 is 0. The predicted molar refractivity (Wildman–Crippen MR) is 111 cm³/mol. The molecule has 4 heteroatoms. The van der Waals surface area contributed by atoms with E-state index in [0.717, 1.165) is 25.9 Å². The number of aryl methyl sites for hydroxylation is 2. The quantitative estimate of drug-likeness (QED) is 0.696. The highest BCUT2D eigenvalue weighted by atomic mass is 15.1. The van der Waals surface area contributed by atoms with Gasteiger partial charge in [-0.2, -0.15) is 0 Å². The summed E-state index contributed by atoms with van der Waals surface area (Å²) in [5.74, 6) is 2.38. The maximum Gasteiger partial charge on any atom is 0.116 e. The van der Waals surface area contributed by atoms with Crippen molar-refractivity contribution in [3.63, 3.8) is 0 Å². The lowest BCUT2D eigenvalue weighted by Gasteiger charge is -2.36. The third-order valence-corrected chi connectivity index (χ3v) is 6.55. The number of rotatable bonds is 4. The van der Waals surface area contributed by atoms with Crippen LogP contribution in [0.2, 0.25) is 0 Å². The summed E-state index contributed by atoms with van der Waals surface area (Å²) in [6, 6.07) is 15.3. The molecule has 0 spiro atoms. The summed E-state index contributed by atoms with van der Waals surface area (Å²) in [6.07, 6.45) is 10.7. The SMILES string of the molecule is c1ccc(CCN2CCC(C3c4ccccc4CCn4ccnc43)CC2)nc1. The number of likely N-dealkylation sites (tertiary alicyclic amines) is 1. The van der Waals surface area contributed by atoms with Crippen LogP contribution in [0.25, 0.3) is 0 Å². The van der Waals surface area contributed by atoms with Crippen molar-refractivity contribution in [2.75, 3.05) is 19.6 Å². The summed E-state index contributed by atoms with van der Waals surface area (Å²) in [5.41, 5.74) is 4.22. The first-order chi connectivity index (χ1) is 13.9. The number of hydrogen-bond acceptors (Lipinski definition) is 3. The van der Waals surface area contributed by atoms with Gasteiger partial charge in [-0.25, -0.2) is 4.98 Å². The molecule has 1 aromatic carbocycles. The fourth-order valence-corrected chi connectivity index (χ4v) is 5.03. The maximum absolute atomic E-state index is 4.81. The molecule has 0 amide bonds. The van der Waals surface area contributed by atoms with Gasteiger partial charge in [0.2, 0.25) is 0 Å². The van der Waals surface area contributed by atoms with Crippen LogP contribution >= 0.6 is 0 Å². The van der Waals surface area contributed by atoms with Crippen LogP contribution in [0, 0.1) is 5.92 Å². The molecule has 0 saturated carbocycles. The molecule has 5 rings (SSSR count). The van der Waals surface area contributed by atoms with Crippen LogP contribution in [0.4, 0.5) is 0 Å². The zero-order valence-corrected chi connectivity index (χ0v) is 16.4. The summed E-state index contributed by atoms with van der Waals surface area (Å²) in [5, 5.41) is 0. The molecular weight excluding hydrogens is 344 g/mol. The van der Waals surface area contributed by atoms with E-state index in [1.165, 1.54) is 48.6 Å². The van der Waals surface area contributed by atoms with E-state index >= 15 is 0 Å². The second kappa shape index (κ2) is 7.88. The molecule has 2 aliphatic heterocycles. The van der Waals surface area contributed by atoms with Gasteiger partial charge in [0.15, 0.2) is 0 Å². The van der Waals surface area contributed by atoms with Gasteiger partial charge < -0.3 is 9.47 Å². The molecule has 0 N–H and O–H groups in total. The zero-order chi connectivity index (χ0) is 18.8. The van der Waals surface area contributed by atoms with Gasteiger partial charge in [-0.15, -0.1) is 0 Å². The zero-order valence-electron chi connectivity index (χ0n) is 16.4. The highest BCUT2D eigenvalue weighted by molar-refractivity contribution is 5.37. The average Bonchev–Trinajstić information content (AvgIpc) is 3.15. The Morgan fingerprint density at radius 2 is 1.75 bits per heavy atom. The average molecular weight is 373 g/mol. The van der Waals surface area contributed by atoms with Crippen LogP contribution in [0.1, 0.15) is 41.4 Å².